The molecule has 2 aromatic rings. The van der Waals surface area contributed by atoms with Gasteiger partial charge in [0.25, 0.3) is 0 Å². The van der Waals surface area contributed by atoms with Crippen molar-refractivity contribution < 1.29 is 13.2 Å². The highest BCUT2D eigenvalue weighted by Crippen LogP contribution is 2.35. The van der Waals surface area contributed by atoms with Crippen LogP contribution in [0.15, 0.2) is 24.3 Å². The molecule has 2 rings (SSSR count). The molecule has 2 nitrogen and oxygen atoms in total. The second kappa shape index (κ2) is 3.37. The Morgan fingerprint density at radius 2 is 1.81 bits per heavy atom. The van der Waals surface area contributed by atoms with Crippen molar-refractivity contribution in [1.29, 1.82) is 0 Å². The first kappa shape index (κ1) is 10.7. The monoisotopic (exact) mass is 226 g/mol. The molecule has 0 amide bonds. The van der Waals surface area contributed by atoms with Crippen molar-refractivity contribution in [2.24, 2.45) is 0 Å². The maximum absolute atomic E-state index is 12.6. The van der Waals surface area contributed by atoms with Crippen LogP contribution >= 0.6 is 0 Å². The fourth-order valence-corrected chi connectivity index (χ4v) is 1.61. The molecule has 16 heavy (non-hydrogen) atoms. The van der Waals surface area contributed by atoms with Crippen molar-refractivity contribution in [3.63, 3.8) is 0 Å². The van der Waals surface area contributed by atoms with Crippen molar-refractivity contribution >= 4 is 16.6 Å². The van der Waals surface area contributed by atoms with Gasteiger partial charge in [-0.3, -0.25) is 0 Å². The van der Waals surface area contributed by atoms with Crippen LogP contribution in [-0.4, -0.2) is 4.98 Å². The fourth-order valence-electron chi connectivity index (χ4n) is 1.61. The summed E-state index contributed by atoms with van der Waals surface area (Å²) in [5.74, 6) is 0. The predicted octanol–water partition coefficient (Wildman–Crippen LogP) is 3.14. The molecule has 1 aromatic heterocycles. The van der Waals surface area contributed by atoms with Gasteiger partial charge in [0, 0.05) is 16.6 Å². The first-order valence-electron chi connectivity index (χ1n) is 4.63. The molecular formula is C11H9F3N2. The lowest BCUT2D eigenvalue weighted by molar-refractivity contribution is -0.141. The molecule has 0 radical (unpaired) electrons. The first-order chi connectivity index (χ1) is 7.41. The normalized spacial score (nSPS) is 12.0. The lowest BCUT2D eigenvalue weighted by Crippen LogP contribution is -2.12. The highest BCUT2D eigenvalue weighted by Gasteiger charge is 2.35. The average Bonchev–Trinajstić information content (AvgIpc) is 2.22. The smallest absolute Gasteiger partial charge is 0.398 e. The number of para-hydroxylation sites is 1. The highest BCUT2D eigenvalue weighted by molar-refractivity contribution is 5.92. The molecule has 2 N–H and O–H groups in total. The van der Waals surface area contributed by atoms with E-state index < -0.39 is 11.9 Å². The summed E-state index contributed by atoms with van der Waals surface area (Å²) < 4.78 is 37.9. The summed E-state index contributed by atoms with van der Waals surface area (Å²) in [4.78, 5) is 3.60. The molecule has 0 saturated carbocycles. The van der Waals surface area contributed by atoms with Crippen molar-refractivity contribution in [3.8, 4) is 0 Å². The standard InChI is InChI=1S/C11H9F3N2/c1-6-9(15)7-4-2-3-5-8(7)16-10(6)11(12,13)14/h2-5H,1H3,(H2,15,16). The number of nitrogens with two attached hydrogens (primary N) is 1. The van der Waals surface area contributed by atoms with E-state index in [9.17, 15) is 13.2 Å². The number of rotatable bonds is 0. The topological polar surface area (TPSA) is 38.9 Å². The van der Waals surface area contributed by atoms with Crippen LogP contribution in [0.3, 0.4) is 0 Å². The van der Waals surface area contributed by atoms with Gasteiger partial charge in [-0.25, -0.2) is 4.98 Å². The van der Waals surface area contributed by atoms with E-state index in [1.807, 2.05) is 0 Å². The van der Waals surface area contributed by atoms with Crippen LogP contribution in [0.5, 0.6) is 0 Å². The summed E-state index contributed by atoms with van der Waals surface area (Å²) in [7, 11) is 0. The van der Waals surface area contributed by atoms with Gasteiger partial charge in [-0.1, -0.05) is 18.2 Å². The van der Waals surface area contributed by atoms with E-state index in [0.717, 1.165) is 0 Å². The number of fused-ring (bicyclic) bond motifs is 1. The molecule has 0 bridgehead atoms. The Morgan fingerprint density at radius 3 is 2.44 bits per heavy atom. The Balaban J connectivity index is 2.84. The third-order valence-electron chi connectivity index (χ3n) is 2.45. The summed E-state index contributed by atoms with van der Waals surface area (Å²) in [5.41, 5.74) is 5.14. The number of benzene rings is 1. The first-order valence-corrected chi connectivity index (χ1v) is 4.63. The largest absolute Gasteiger partial charge is 0.433 e. The molecule has 1 aromatic carbocycles. The van der Waals surface area contributed by atoms with Gasteiger partial charge in [0.2, 0.25) is 0 Å². The fraction of sp³-hybridized carbons (Fsp3) is 0.182. The van der Waals surface area contributed by atoms with Crippen LogP contribution in [0.2, 0.25) is 0 Å². The molecule has 0 spiro atoms. The van der Waals surface area contributed by atoms with Gasteiger partial charge in [0.05, 0.1) is 5.52 Å². The second-order valence-corrected chi connectivity index (χ2v) is 3.51. The van der Waals surface area contributed by atoms with E-state index >= 15 is 0 Å². The van der Waals surface area contributed by atoms with E-state index in [1.165, 1.54) is 13.0 Å². The van der Waals surface area contributed by atoms with E-state index in [4.69, 9.17) is 5.73 Å². The minimum Gasteiger partial charge on any atom is -0.398 e. The van der Waals surface area contributed by atoms with Gasteiger partial charge in [0.1, 0.15) is 5.69 Å². The van der Waals surface area contributed by atoms with Gasteiger partial charge >= 0.3 is 6.18 Å². The number of hydrogen-bond donors (Lipinski definition) is 1. The van der Waals surface area contributed by atoms with E-state index in [2.05, 4.69) is 4.98 Å². The Labute approximate surface area is 89.9 Å². The predicted molar refractivity (Wildman–Crippen MR) is 55.9 cm³/mol. The van der Waals surface area contributed by atoms with Crippen molar-refractivity contribution in [3.05, 3.63) is 35.5 Å². The minimum atomic E-state index is -4.47. The average molecular weight is 226 g/mol. The van der Waals surface area contributed by atoms with Gasteiger partial charge < -0.3 is 5.73 Å². The molecule has 0 atom stereocenters. The molecule has 0 saturated heterocycles. The highest BCUT2D eigenvalue weighted by atomic mass is 19.4. The maximum atomic E-state index is 12.6. The Hall–Kier alpha value is -1.78. The number of halogens is 3. The van der Waals surface area contributed by atoms with Gasteiger partial charge in [0.15, 0.2) is 0 Å². The summed E-state index contributed by atoms with van der Waals surface area (Å²) in [6.45, 7) is 1.33. The number of alkyl halides is 3. The SMILES string of the molecule is Cc1c(C(F)(F)F)nc2ccccc2c1N. The molecule has 84 valence electrons. The number of aromatic nitrogens is 1. The zero-order chi connectivity index (χ0) is 11.9. The van der Waals surface area contributed by atoms with Crippen molar-refractivity contribution in [2.45, 2.75) is 13.1 Å². The number of nitrogen functional groups attached to an aromatic ring is 1. The molecule has 0 aliphatic rings. The zero-order valence-corrected chi connectivity index (χ0v) is 8.47. The lowest BCUT2D eigenvalue weighted by atomic mass is 10.1. The molecule has 1 heterocycles. The number of anilines is 1. The third-order valence-corrected chi connectivity index (χ3v) is 2.45. The van der Waals surface area contributed by atoms with Gasteiger partial charge in [-0.05, 0) is 13.0 Å². The van der Waals surface area contributed by atoms with Crippen molar-refractivity contribution in [1.82, 2.24) is 4.98 Å². The summed E-state index contributed by atoms with van der Waals surface area (Å²) in [6, 6.07) is 6.52. The summed E-state index contributed by atoms with van der Waals surface area (Å²) >= 11 is 0. The Morgan fingerprint density at radius 1 is 1.19 bits per heavy atom. The van der Waals surface area contributed by atoms with Crippen LogP contribution in [0.1, 0.15) is 11.3 Å². The molecule has 0 aliphatic heterocycles. The molecule has 0 aliphatic carbocycles. The summed E-state index contributed by atoms with van der Waals surface area (Å²) in [5, 5.41) is 0.549. The van der Waals surface area contributed by atoms with Crippen LogP contribution in [-0.2, 0) is 6.18 Å². The minimum absolute atomic E-state index is 0.0220. The number of nitrogens with zero attached hydrogens (tertiary/aromatic N) is 1. The summed E-state index contributed by atoms with van der Waals surface area (Å²) in [6.07, 6.45) is -4.47. The molecule has 0 unspecified atom stereocenters. The van der Waals surface area contributed by atoms with E-state index in [0.29, 0.717) is 5.39 Å². The quantitative estimate of drug-likeness (QED) is 0.749. The zero-order valence-electron chi connectivity index (χ0n) is 8.47. The van der Waals surface area contributed by atoms with Crippen LogP contribution < -0.4 is 5.73 Å². The molecular weight excluding hydrogens is 217 g/mol. The Bertz CT molecular complexity index is 547. The van der Waals surface area contributed by atoms with E-state index in [1.54, 1.807) is 18.2 Å². The third kappa shape index (κ3) is 1.58. The van der Waals surface area contributed by atoms with Crippen LogP contribution in [0, 0.1) is 6.92 Å². The second-order valence-electron chi connectivity index (χ2n) is 3.51. The molecule has 0 fully saturated rings. The van der Waals surface area contributed by atoms with Crippen LogP contribution in [0.4, 0.5) is 18.9 Å². The molecule has 5 heteroatoms. The lowest BCUT2D eigenvalue weighted by Gasteiger charge is -2.13. The van der Waals surface area contributed by atoms with E-state index in [-0.39, 0.29) is 16.8 Å². The van der Waals surface area contributed by atoms with Crippen molar-refractivity contribution in [2.75, 3.05) is 5.73 Å². The van der Waals surface area contributed by atoms with Gasteiger partial charge in [-0.2, -0.15) is 13.2 Å². The Kier molecular flexibility index (Phi) is 2.26. The maximum Gasteiger partial charge on any atom is 0.433 e. The van der Waals surface area contributed by atoms with Crippen LogP contribution in [0.25, 0.3) is 10.9 Å². The number of hydrogen-bond acceptors (Lipinski definition) is 2. The number of pyridine rings is 1. The van der Waals surface area contributed by atoms with Gasteiger partial charge in [-0.15, -0.1) is 0 Å².